The second kappa shape index (κ2) is 13.8. The summed E-state index contributed by atoms with van der Waals surface area (Å²) in [4.78, 5) is 7.50. The van der Waals surface area contributed by atoms with E-state index in [1.807, 2.05) is 13.8 Å². The van der Waals surface area contributed by atoms with Crippen molar-refractivity contribution in [3.8, 4) is 0 Å². The predicted molar refractivity (Wildman–Crippen MR) is 93.6 cm³/mol. The molecule has 3 heteroatoms. The fourth-order valence-corrected chi connectivity index (χ4v) is 2.27. The van der Waals surface area contributed by atoms with Crippen molar-refractivity contribution < 1.29 is 0 Å². The Labute approximate surface area is 129 Å². The van der Waals surface area contributed by atoms with E-state index in [0.29, 0.717) is 12.1 Å². The van der Waals surface area contributed by atoms with Gasteiger partial charge in [-0.15, -0.1) is 0 Å². The first-order valence-electron chi connectivity index (χ1n) is 8.58. The molecule has 0 aromatic carbocycles. The second-order valence-electron chi connectivity index (χ2n) is 5.75. The third kappa shape index (κ3) is 10.6. The van der Waals surface area contributed by atoms with Crippen LogP contribution in [0.25, 0.3) is 0 Å². The van der Waals surface area contributed by atoms with Crippen molar-refractivity contribution in [2.24, 2.45) is 0 Å². The molecular formula is C17H41N3. The van der Waals surface area contributed by atoms with E-state index in [1.54, 1.807) is 0 Å². The lowest BCUT2D eigenvalue weighted by Crippen LogP contribution is -2.41. The summed E-state index contributed by atoms with van der Waals surface area (Å²) in [5.41, 5.74) is 0. The third-order valence-electron chi connectivity index (χ3n) is 3.81. The minimum atomic E-state index is 0.659. The van der Waals surface area contributed by atoms with E-state index in [-0.39, 0.29) is 0 Å². The molecule has 0 fully saturated rings. The highest BCUT2D eigenvalue weighted by atomic mass is 15.2. The topological polar surface area (TPSA) is 9.72 Å². The van der Waals surface area contributed by atoms with E-state index in [2.05, 4.69) is 63.3 Å². The zero-order valence-corrected chi connectivity index (χ0v) is 15.7. The molecule has 0 N–H and O–H groups in total. The van der Waals surface area contributed by atoms with Gasteiger partial charge in [-0.3, -0.25) is 9.80 Å². The Balaban J connectivity index is 0. The molecule has 0 aromatic rings. The van der Waals surface area contributed by atoms with Gasteiger partial charge in [0.15, 0.2) is 0 Å². The Hall–Kier alpha value is -0.120. The molecule has 0 bridgehead atoms. The molecule has 0 unspecified atom stereocenters. The molecule has 0 aliphatic heterocycles. The van der Waals surface area contributed by atoms with Crippen LogP contribution < -0.4 is 0 Å². The van der Waals surface area contributed by atoms with Gasteiger partial charge in [0.1, 0.15) is 0 Å². The molecule has 0 amide bonds. The van der Waals surface area contributed by atoms with E-state index in [1.165, 1.54) is 26.2 Å². The van der Waals surface area contributed by atoms with Crippen LogP contribution in [0.3, 0.4) is 0 Å². The normalized spacial score (nSPS) is 11.7. The van der Waals surface area contributed by atoms with Gasteiger partial charge < -0.3 is 4.90 Å². The molecule has 20 heavy (non-hydrogen) atoms. The molecule has 0 saturated carbocycles. The van der Waals surface area contributed by atoms with Crippen LogP contribution >= 0.6 is 0 Å². The summed E-state index contributed by atoms with van der Waals surface area (Å²) in [7, 11) is 2.24. The molecule has 0 saturated heterocycles. The average molecular weight is 288 g/mol. The van der Waals surface area contributed by atoms with Crippen LogP contribution in [0.1, 0.15) is 55.4 Å². The maximum absolute atomic E-state index is 2.52. The summed E-state index contributed by atoms with van der Waals surface area (Å²) in [6.07, 6.45) is 0. The van der Waals surface area contributed by atoms with Crippen molar-refractivity contribution in [2.45, 2.75) is 67.5 Å². The van der Waals surface area contributed by atoms with Crippen LogP contribution in [0.4, 0.5) is 0 Å². The van der Waals surface area contributed by atoms with Gasteiger partial charge in [-0.25, -0.2) is 0 Å². The number of hydrogen-bond acceptors (Lipinski definition) is 3. The van der Waals surface area contributed by atoms with Gasteiger partial charge in [0.25, 0.3) is 0 Å². The first-order valence-corrected chi connectivity index (χ1v) is 8.58. The van der Waals surface area contributed by atoms with Crippen LogP contribution in [0, 0.1) is 0 Å². The Morgan fingerprint density at radius 2 is 0.950 bits per heavy atom. The van der Waals surface area contributed by atoms with Gasteiger partial charge in [0.05, 0.1) is 0 Å². The summed E-state index contributed by atoms with van der Waals surface area (Å²) in [6, 6.07) is 1.32. The fourth-order valence-electron chi connectivity index (χ4n) is 2.27. The smallest absolute Gasteiger partial charge is 0.0112 e. The molecule has 0 atom stereocenters. The molecule has 0 rings (SSSR count). The molecule has 3 nitrogen and oxygen atoms in total. The van der Waals surface area contributed by atoms with Crippen LogP contribution in [0.15, 0.2) is 0 Å². The Kier molecular flexibility index (Phi) is 15.3. The molecular weight excluding hydrogens is 246 g/mol. The Morgan fingerprint density at radius 3 is 1.15 bits per heavy atom. The largest absolute Gasteiger partial charge is 0.304 e. The molecule has 0 aliphatic carbocycles. The minimum Gasteiger partial charge on any atom is -0.304 e. The molecule has 0 aliphatic rings. The third-order valence-corrected chi connectivity index (χ3v) is 3.81. The first kappa shape index (κ1) is 22.2. The monoisotopic (exact) mass is 287 g/mol. The second-order valence-corrected chi connectivity index (χ2v) is 5.75. The maximum Gasteiger partial charge on any atom is 0.0112 e. The van der Waals surface area contributed by atoms with E-state index in [9.17, 15) is 0 Å². The lowest BCUT2D eigenvalue weighted by molar-refractivity contribution is 0.170. The molecule has 0 aromatic heterocycles. The van der Waals surface area contributed by atoms with Crippen LogP contribution in [0.5, 0.6) is 0 Å². The standard InChI is InChI=1S/C15H35N3.C2H6/c1-8-17(14(3)4)12-10-16(7)11-13-18(9-2)15(5)6;1-2/h14-15H,8-13H2,1-7H3;1-2H3. The summed E-state index contributed by atoms with van der Waals surface area (Å²) < 4.78 is 0. The summed E-state index contributed by atoms with van der Waals surface area (Å²) >= 11 is 0. The predicted octanol–water partition coefficient (Wildman–Crippen LogP) is 3.41. The summed E-state index contributed by atoms with van der Waals surface area (Å²) in [6.45, 7) is 24.6. The average Bonchev–Trinajstić information content (AvgIpc) is 2.41. The highest BCUT2D eigenvalue weighted by molar-refractivity contribution is 4.66. The highest BCUT2D eigenvalue weighted by Gasteiger charge is 2.10. The van der Waals surface area contributed by atoms with Crippen LogP contribution in [-0.2, 0) is 0 Å². The van der Waals surface area contributed by atoms with Gasteiger partial charge in [-0.1, -0.05) is 27.7 Å². The van der Waals surface area contributed by atoms with E-state index >= 15 is 0 Å². The fraction of sp³-hybridized carbons (Fsp3) is 1.00. The van der Waals surface area contributed by atoms with E-state index < -0.39 is 0 Å². The van der Waals surface area contributed by atoms with Crippen molar-refractivity contribution in [1.82, 2.24) is 14.7 Å². The molecule has 0 spiro atoms. The summed E-state index contributed by atoms with van der Waals surface area (Å²) in [5, 5.41) is 0. The first-order chi connectivity index (χ1) is 9.42. The lowest BCUT2D eigenvalue weighted by Gasteiger charge is -2.30. The van der Waals surface area contributed by atoms with Gasteiger partial charge in [-0.05, 0) is 47.8 Å². The minimum absolute atomic E-state index is 0.659. The van der Waals surface area contributed by atoms with Crippen LogP contribution in [0.2, 0.25) is 0 Å². The van der Waals surface area contributed by atoms with Crippen LogP contribution in [-0.4, -0.2) is 73.1 Å². The number of hydrogen-bond donors (Lipinski definition) is 0. The quantitative estimate of drug-likeness (QED) is 0.610. The summed E-state index contributed by atoms with van der Waals surface area (Å²) in [5.74, 6) is 0. The molecule has 124 valence electrons. The highest BCUT2D eigenvalue weighted by Crippen LogP contribution is 2.00. The number of rotatable bonds is 10. The number of likely N-dealkylation sites (N-methyl/N-ethyl adjacent to an activating group) is 3. The number of nitrogens with zero attached hydrogens (tertiary/aromatic N) is 3. The zero-order chi connectivity index (χ0) is 16.1. The van der Waals surface area contributed by atoms with E-state index in [0.717, 1.165) is 13.1 Å². The SMILES string of the molecule is CC.CCN(CCN(C)CCN(CC)C(C)C)C(C)C. The van der Waals surface area contributed by atoms with Gasteiger partial charge >= 0.3 is 0 Å². The molecule has 0 heterocycles. The van der Waals surface area contributed by atoms with Gasteiger partial charge in [0, 0.05) is 38.3 Å². The Bertz CT molecular complexity index is 173. The lowest BCUT2D eigenvalue weighted by atomic mass is 10.3. The van der Waals surface area contributed by atoms with Crippen molar-refractivity contribution in [3.05, 3.63) is 0 Å². The van der Waals surface area contributed by atoms with E-state index in [4.69, 9.17) is 0 Å². The van der Waals surface area contributed by atoms with Gasteiger partial charge in [0.2, 0.25) is 0 Å². The Morgan fingerprint density at radius 1 is 0.650 bits per heavy atom. The van der Waals surface area contributed by atoms with Gasteiger partial charge in [-0.2, -0.15) is 0 Å². The van der Waals surface area contributed by atoms with Crippen molar-refractivity contribution in [2.75, 3.05) is 46.3 Å². The maximum atomic E-state index is 2.52. The zero-order valence-electron chi connectivity index (χ0n) is 15.7. The van der Waals surface area contributed by atoms with Crippen molar-refractivity contribution >= 4 is 0 Å². The van der Waals surface area contributed by atoms with Crippen molar-refractivity contribution in [3.63, 3.8) is 0 Å². The van der Waals surface area contributed by atoms with Crippen molar-refractivity contribution in [1.29, 1.82) is 0 Å². The molecule has 0 radical (unpaired) electrons.